The summed E-state index contributed by atoms with van der Waals surface area (Å²) in [6.45, 7) is 5.92. The molecule has 1 saturated carbocycles. The van der Waals surface area contributed by atoms with Crippen LogP contribution < -0.4 is 20.6 Å². The Morgan fingerprint density at radius 1 is 1.02 bits per heavy atom. The number of benzene rings is 3. The summed E-state index contributed by atoms with van der Waals surface area (Å²) in [5.41, 5.74) is 2.94. The first-order chi connectivity index (χ1) is 23.0. The third-order valence-corrected chi connectivity index (χ3v) is 8.88. The van der Waals surface area contributed by atoms with E-state index in [4.69, 9.17) is 10.1 Å². The molecule has 0 aliphatic heterocycles. The molecule has 3 aromatic carbocycles. The van der Waals surface area contributed by atoms with Gasteiger partial charge in [-0.3, -0.25) is 9.36 Å². The summed E-state index contributed by atoms with van der Waals surface area (Å²) in [7, 11) is 3.32. The van der Waals surface area contributed by atoms with E-state index in [1.165, 1.54) is 20.1 Å². The van der Waals surface area contributed by atoms with Gasteiger partial charge in [0, 0.05) is 25.0 Å². The summed E-state index contributed by atoms with van der Waals surface area (Å²) < 4.78 is 8.62. The summed E-state index contributed by atoms with van der Waals surface area (Å²) in [5, 5.41) is 24.9. The molecule has 1 amide bonds. The SMILES string of the molecule is CC/C(C)=C/Nc1c(C(C)=N)n(-c2ccc(Oc3ccccc3)cc2)c(=O)n1-c1cccc(N(C)C(=O)/C=C/C[N+](C)([O-])C2CCC2)c1. The smallest absolute Gasteiger partial charge is 0.339 e. The second kappa shape index (κ2) is 14.7. The van der Waals surface area contributed by atoms with Crippen molar-refractivity contribution in [3.63, 3.8) is 0 Å². The molecule has 1 fully saturated rings. The van der Waals surface area contributed by atoms with E-state index in [-0.39, 0.29) is 34.5 Å². The molecule has 1 aliphatic rings. The fraction of sp³-hybridized carbons (Fsp3) is 0.289. The highest BCUT2D eigenvalue weighted by Crippen LogP contribution is 2.30. The van der Waals surface area contributed by atoms with Gasteiger partial charge >= 0.3 is 5.69 Å². The van der Waals surface area contributed by atoms with Gasteiger partial charge < -0.3 is 30.2 Å². The molecule has 1 aromatic heterocycles. The first kappa shape index (κ1) is 34.2. The highest BCUT2D eigenvalue weighted by atomic mass is 16.5. The quantitative estimate of drug-likeness (QED) is 0.0672. The Morgan fingerprint density at radius 2 is 1.71 bits per heavy atom. The molecule has 0 radical (unpaired) electrons. The maximum atomic E-state index is 14.4. The Balaban J connectivity index is 1.51. The lowest BCUT2D eigenvalue weighted by Crippen LogP contribution is -2.50. The van der Waals surface area contributed by atoms with E-state index >= 15 is 0 Å². The number of aromatic nitrogens is 2. The first-order valence-electron chi connectivity index (χ1n) is 16.3. The minimum absolute atomic E-state index is 0.0959. The predicted octanol–water partition coefficient (Wildman–Crippen LogP) is 7.55. The van der Waals surface area contributed by atoms with E-state index in [0.717, 1.165) is 31.3 Å². The molecule has 1 heterocycles. The van der Waals surface area contributed by atoms with Gasteiger partial charge in [0.15, 0.2) is 0 Å². The molecule has 1 aliphatic carbocycles. The lowest BCUT2D eigenvalue weighted by molar-refractivity contribution is -0.886. The van der Waals surface area contributed by atoms with Crippen LogP contribution in [0.1, 0.15) is 52.1 Å². The van der Waals surface area contributed by atoms with Crippen LogP contribution in [0, 0.1) is 10.6 Å². The van der Waals surface area contributed by atoms with Crippen molar-refractivity contribution >= 4 is 23.1 Å². The minimum Gasteiger partial charge on any atom is -0.633 e. The molecule has 48 heavy (non-hydrogen) atoms. The van der Waals surface area contributed by atoms with Gasteiger partial charge in [0.1, 0.15) is 23.0 Å². The summed E-state index contributed by atoms with van der Waals surface area (Å²) in [6, 6.07) is 23.8. The van der Waals surface area contributed by atoms with E-state index in [2.05, 4.69) is 5.32 Å². The molecule has 10 nitrogen and oxygen atoms in total. The zero-order valence-corrected chi connectivity index (χ0v) is 28.3. The van der Waals surface area contributed by atoms with Crippen molar-refractivity contribution in [3.8, 4) is 22.9 Å². The number of hydrogen-bond donors (Lipinski definition) is 2. The lowest BCUT2D eigenvalue weighted by atomic mass is 9.91. The molecule has 4 aromatic rings. The Bertz CT molecular complexity index is 1880. The maximum Gasteiger partial charge on any atom is 0.339 e. The van der Waals surface area contributed by atoms with Gasteiger partial charge in [-0.25, -0.2) is 9.36 Å². The average Bonchev–Trinajstić information content (AvgIpc) is 3.34. The van der Waals surface area contributed by atoms with Crippen LogP contribution in [-0.4, -0.2) is 52.1 Å². The third-order valence-electron chi connectivity index (χ3n) is 8.88. The maximum absolute atomic E-state index is 14.4. The molecular formula is C38H44N6O4. The number of ether oxygens (including phenoxy) is 1. The fourth-order valence-corrected chi connectivity index (χ4v) is 5.57. The van der Waals surface area contributed by atoms with Crippen LogP contribution in [0.15, 0.2) is 108 Å². The normalized spacial score (nSPS) is 14.8. The molecule has 5 rings (SSSR count). The largest absolute Gasteiger partial charge is 0.633 e. The molecule has 0 saturated heterocycles. The molecule has 250 valence electrons. The standard InChI is InChI=1S/C38H44N6O4/c1-6-27(2)26-40-37-36(28(3)39)42(29-20-22-34(23-21-29)48-33-17-8-7-9-18-33)38(46)43(37)31-14-10-13-30(25-31)41(4)35(45)19-12-24-44(5,47)32-15-11-16-32/h7-10,12-14,17-23,25-26,32,39-40H,6,11,15-16,24H2,1-5H3/b19-12+,27-26+,39-28?. The number of amides is 1. The van der Waals surface area contributed by atoms with Crippen molar-refractivity contribution in [3.05, 3.63) is 124 Å². The number of quaternary nitrogens is 1. The number of rotatable bonds is 13. The van der Waals surface area contributed by atoms with Crippen molar-refractivity contribution in [2.75, 3.05) is 30.9 Å². The number of hydroxylamine groups is 3. The number of nitrogens with one attached hydrogen (secondary N) is 2. The number of carbonyl (C=O) groups excluding carboxylic acids is 1. The zero-order chi connectivity index (χ0) is 34.4. The van der Waals surface area contributed by atoms with Crippen molar-refractivity contribution in [2.24, 2.45) is 0 Å². The number of nitrogens with zero attached hydrogens (tertiary/aromatic N) is 4. The zero-order valence-electron chi connectivity index (χ0n) is 28.3. The van der Waals surface area contributed by atoms with Gasteiger partial charge in [0.25, 0.3) is 5.91 Å². The average molecular weight is 649 g/mol. The van der Waals surface area contributed by atoms with E-state index in [1.54, 1.807) is 75.6 Å². The second-order valence-corrected chi connectivity index (χ2v) is 12.4. The van der Waals surface area contributed by atoms with E-state index in [1.807, 2.05) is 50.4 Å². The number of anilines is 2. The van der Waals surface area contributed by atoms with Gasteiger partial charge in [-0.15, -0.1) is 0 Å². The number of para-hydroxylation sites is 1. The number of imidazole rings is 1. The summed E-state index contributed by atoms with van der Waals surface area (Å²) in [4.78, 5) is 29.0. The van der Waals surface area contributed by atoms with E-state index < -0.39 is 0 Å². The fourth-order valence-electron chi connectivity index (χ4n) is 5.57. The van der Waals surface area contributed by atoms with Crippen LogP contribution in [0.3, 0.4) is 0 Å². The van der Waals surface area contributed by atoms with Crippen LogP contribution in [0.2, 0.25) is 0 Å². The first-order valence-corrected chi connectivity index (χ1v) is 16.3. The van der Waals surface area contributed by atoms with E-state index in [0.29, 0.717) is 40.1 Å². The van der Waals surface area contributed by atoms with Gasteiger partial charge in [0.2, 0.25) is 0 Å². The van der Waals surface area contributed by atoms with Gasteiger partial charge in [-0.1, -0.05) is 36.8 Å². The van der Waals surface area contributed by atoms with Crippen molar-refractivity contribution < 1.29 is 14.2 Å². The van der Waals surface area contributed by atoms with Crippen molar-refractivity contribution in [1.29, 1.82) is 5.41 Å². The van der Waals surface area contributed by atoms with Crippen LogP contribution in [0.25, 0.3) is 11.4 Å². The highest BCUT2D eigenvalue weighted by molar-refractivity contribution is 6.01. The summed E-state index contributed by atoms with van der Waals surface area (Å²) in [6.07, 6.45) is 8.67. The topological polar surface area (TPSA) is 115 Å². The van der Waals surface area contributed by atoms with Crippen LogP contribution in [0.5, 0.6) is 11.5 Å². The van der Waals surface area contributed by atoms with Gasteiger partial charge in [-0.2, -0.15) is 0 Å². The highest BCUT2D eigenvalue weighted by Gasteiger charge is 2.30. The van der Waals surface area contributed by atoms with Crippen LogP contribution in [-0.2, 0) is 4.79 Å². The van der Waals surface area contributed by atoms with Crippen molar-refractivity contribution in [2.45, 2.75) is 52.5 Å². The number of hydrogen-bond acceptors (Lipinski definition) is 6. The molecular weight excluding hydrogens is 604 g/mol. The molecule has 0 bridgehead atoms. The molecule has 1 unspecified atom stereocenters. The number of allylic oxidation sites excluding steroid dienone is 1. The van der Waals surface area contributed by atoms with E-state index in [9.17, 15) is 14.8 Å². The lowest BCUT2D eigenvalue weighted by Gasteiger charge is -2.48. The Labute approximate surface area is 281 Å². The Morgan fingerprint density at radius 3 is 2.33 bits per heavy atom. The number of carbonyl (C=O) groups is 1. The predicted molar refractivity (Wildman–Crippen MR) is 193 cm³/mol. The summed E-state index contributed by atoms with van der Waals surface area (Å²) in [5.74, 6) is 1.46. The van der Waals surface area contributed by atoms with Crippen molar-refractivity contribution in [1.82, 2.24) is 9.13 Å². The Kier molecular flexibility index (Phi) is 10.5. The summed E-state index contributed by atoms with van der Waals surface area (Å²) >= 11 is 0. The van der Waals surface area contributed by atoms with Crippen LogP contribution in [0.4, 0.5) is 11.5 Å². The second-order valence-electron chi connectivity index (χ2n) is 12.4. The number of likely N-dealkylation sites (N-methyl/N-ethyl adjacent to an activating group) is 2. The molecule has 0 spiro atoms. The van der Waals surface area contributed by atoms with Gasteiger partial charge in [-0.05, 0) is 100 Å². The molecule has 1 atom stereocenters. The third kappa shape index (κ3) is 7.51. The Hall–Kier alpha value is -5.19. The molecule has 10 heteroatoms. The molecule has 2 N–H and O–H groups in total. The monoisotopic (exact) mass is 648 g/mol. The van der Waals surface area contributed by atoms with Gasteiger partial charge in [0.05, 0.1) is 36.7 Å². The van der Waals surface area contributed by atoms with Crippen LogP contribution >= 0.6 is 0 Å². The minimum atomic E-state index is -0.382.